The molecule has 3 aliphatic rings. The summed E-state index contributed by atoms with van der Waals surface area (Å²) < 4.78 is 5.97. The van der Waals surface area contributed by atoms with E-state index in [0.29, 0.717) is 23.2 Å². The summed E-state index contributed by atoms with van der Waals surface area (Å²) >= 11 is 3.32. The van der Waals surface area contributed by atoms with Crippen LogP contribution in [0.3, 0.4) is 0 Å². The van der Waals surface area contributed by atoms with Gasteiger partial charge in [-0.1, -0.05) is 15.9 Å². The zero-order valence-corrected chi connectivity index (χ0v) is 18.7. The Hall–Kier alpha value is -3.00. The highest BCUT2D eigenvalue weighted by Crippen LogP contribution is 2.56. The molecule has 2 aromatic carbocycles. The predicted octanol–water partition coefficient (Wildman–Crippen LogP) is 3.78. The third kappa shape index (κ3) is 3.62. The molecule has 3 fully saturated rings. The standard InChI is InChI=1S/C24H21BrN2O5/c25-16-5-7-17(8-6-16)26-19(28)12-32-24(31)13-3-9-18(10-4-13)27-22(29)20-14-1-2-15(11-14)21(20)23(27)30/h3-10,14-15,20-21H,1-2,11-12H2,(H,26,28)/t14-,15-,20+,21+/m0/s1. The molecule has 1 heterocycles. The van der Waals surface area contributed by atoms with E-state index in [1.165, 1.54) is 17.0 Å². The molecule has 2 aliphatic carbocycles. The van der Waals surface area contributed by atoms with Crippen LogP contribution in [0.15, 0.2) is 53.0 Å². The highest BCUT2D eigenvalue weighted by atomic mass is 79.9. The lowest BCUT2D eigenvalue weighted by molar-refractivity contribution is -0.123. The van der Waals surface area contributed by atoms with Crippen LogP contribution in [0, 0.1) is 23.7 Å². The molecule has 1 aliphatic heterocycles. The summed E-state index contributed by atoms with van der Waals surface area (Å²) in [5.41, 5.74) is 1.31. The smallest absolute Gasteiger partial charge is 0.338 e. The Labute approximate surface area is 193 Å². The Balaban J connectivity index is 1.20. The fourth-order valence-electron chi connectivity index (χ4n) is 5.35. The molecule has 164 valence electrons. The highest BCUT2D eigenvalue weighted by molar-refractivity contribution is 9.10. The number of ether oxygens (including phenoxy) is 1. The van der Waals surface area contributed by atoms with Crippen LogP contribution in [0.25, 0.3) is 0 Å². The number of carbonyl (C=O) groups is 4. The average molecular weight is 497 g/mol. The van der Waals surface area contributed by atoms with Crippen LogP contribution in [0.2, 0.25) is 0 Å². The summed E-state index contributed by atoms with van der Waals surface area (Å²) in [5, 5.41) is 2.64. The first kappa shape index (κ1) is 20.9. The topological polar surface area (TPSA) is 92.8 Å². The number of amides is 3. The first-order valence-electron chi connectivity index (χ1n) is 10.6. The molecule has 4 atom stereocenters. The maximum Gasteiger partial charge on any atom is 0.338 e. The van der Waals surface area contributed by atoms with Gasteiger partial charge in [0.2, 0.25) is 11.8 Å². The van der Waals surface area contributed by atoms with Crippen molar-refractivity contribution in [3.63, 3.8) is 0 Å². The molecule has 2 aromatic rings. The number of nitrogens with zero attached hydrogens (tertiary/aromatic N) is 1. The number of nitrogens with one attached hydrogen (secondary N) is 1. The SMILES string of the molecule is O=C(COC(=O)c1ccc(N2C(=O)[C@@H]3[C@H]4CC[C@@H](C4)[C@H]3C2=O)cc1)Nc1ccc(Br)cc1. The molecule has 2 bridgehead atoms. The number of rotatable bonds is 5. The van der Waals surface area contributed by atoms with Gasteiger partial charge in [-0.3, -0.25) is 19.3 Å². The van der Waals surface area contributed by atoms with Gasteiger partial charge < -0.3 is 10.1 Å². The van der Waals surface area contributed by atoms with Gasteiger partial charge in [-0.2, -0.15) is 0 Å². The summed E-state index contributed by atoms with van der Waals surface area (Å²) in [6.45, 7) is -0.425. The highest BCUT2D eigenvalue weighted by Gasteiger charge is 2.61. The molecule has 0 aromatic heterocycles. The number of halogens is 1. The Morgan fingerprint density at radius 2 is 1.53 bits per heavy atom. The summed E-state index contributed by atoms with van der Waals surface area (Å²) in [4.78, 5) is 51.4. The van der Waals surface area contributed by atoms with E-state index in [1.54, 1.807) is 36.4 Å². The molecular formula is C24H21BrN2O5. The van der Waals surface area contributed by atoms with Crippen molar-refractivity contribution in [3.05, 3.63) is 58.6 Å². The molecule has 8 heteroatoms. The lowest BCUT2D eigenvalue weighted by Crippen LogP contribution is -2.32. The molecule has 0 spiro atoms. The summed E-state index contributed by atoms with van der Waals surface area (Å²) in [7, 11) is 0. The Kier molecular flexibility index (Phi) is 5.33. The summed E-state index contributed by atoms with van der Waals surface area (Å²) in [6.07, 6.45) is 3.04. The number of hydrogen-bond acceptors (Lipinski definition) is 5. The number of anilines is 2. The number of hydrogen-bond donors (Lipinski definition) is 1. The van der Waals surface area contributed by atoms with E-state index >= 15 is 0 Å². The molecule has 1 saturated heterocycles. The second kappa shape index (κ2) is 8.16. The summed E-state index contributed by atoms with van der Waals surface area (Å²) in [6, 6.07) is 13.2. The number of imide groups is 1. The quantitative estimate of drug-likeness (QED) is 0.502. The zero-order valence-electron chi connectivity index (χ0n) is 17.1. The van der Waals surface area contributed by atoms with Gasteiger partial charge in [-0.25, -0.2) is 4.79 Å². The first-order chi connectivity index (χ1) is 15.4. The van der Waals surface area contributed by atoms with Crippen molar-refractivity contribution in [1.29, 1.82) is 0 Å². The Morgan fingerprint density at radius 3 is 2.12 bits per heavy atom. The van der Waals surface area contributed by atoms with Gasteiger partial charge in [0.25, 0.3) is 5.91 Å². The fraction of sp³-hybridized carbons (Fsp3) is 0.333. The second-order valence-corrected chi connectivity index (χ2v) is 9.49. The predicted molar refractivity (Wildman–Crippen MR) is 120 cm³/mol. The van der Waals surface area contributed by atoms with Crippen LogP contribution in [0.5, 0.6) is 0 Å². The minimum atomic E-state index is -0.656. The minimum absolute atomic E-state index is 0.118. The number of benzene rings is 2. The molecular weight excluding hydrogens is 476 g/mol. The lowest BCUT2D eigenvalue weighted by Gasteiger charge is -2.19. The van der Waals surface area contributed by atoms with Crippen molar-refractivity contribution in [2.45, 2.75) is 19.3 Å². The van der Waals surface area contributed by atoms with Crippen molar-refractivity contribution >= 4 is 51.0 Å². The Morgan fingerprint density at radius 1 is 0.938 bits per heavy atom. The van der Waals surface area contributed by atoms with Gasteiger partial charge in [0, 0.05) is 10.2 Å². The molecule has 1 N–H and O–H groups in total. The third-order valence-electron chi connectivity index (χ3n) is 6.75. The van der Waals surface area contributed by atoms with Crippen molar-refractivity contribution in [3.8, 4) is 0 Å². The largest absolute Gasteiger partial charge is 0.452 e. The number of fused-ring (bicyclic) bond motifs is 5. The Bertz CT molecular complexity index is 1070. The first-order valence-corrected chi connectivity index (χ1v) is 11.4. The molecule has 0 unspecified atom stereocenters. The van der Waals surface area contributed by atoms with Crippen LogP contribution in [0.4, 0.5) is 11.4 Å². The number of carbonyl (C=O) groups excluding carboxylic acids is 4. The normalized spacial score (nSPS) is 25.7. The maximum absolute atomic E-state index is 12.9. The molecule has 3 amide bonds. The van der Waals surface area contributed by atoms with Gasteiger partial charge >= 0.3 is 5.97 Å². The van der Waals surface area contributed by atoms with E-state index in [9.17, 15) is 19.2 Å². The summed E-state index contributed by atoms with van der Waals surface area (Å²) in [5.74, 6) is -1.07. The van der Waals surface area contributed by atoms with E-state index in [2.05, 4.69) is 21.2 Å². The van der Waals surface area contributed by atoms with Gasteiger partial charge in [0.05, 0.1) is 23.1 Å². The van der Waals surface area contributed by atoms with Gasteiger partial charge in [0.15, 0.2) is 6.61 Å². The van der Waals surface area contributed by atoms with E-state index in [4.69, 9.17) is 4.74 Å². The van der Waals surface area contributed by atoms with E-state index in [0.717, 1.165) is 23.7 Å². The molecule has 7 nitrogen and oxygen atoms in total. The minimum Gasteiger partial charge on any atom is -0.452 e. The number of esters is 1. The third-order valence-corrected chi connectivity index (χ3v) is 7.28. The lowest BCUT2D eigenvalue weighted by atomic mass is 9.81. The van der Waals surface area contributed by atoms with Crippen LogP contribution in [-0.2, 0) is 19.1 Å². The van der Waals surface area contributed by atoms with Crippen LogP contribution in [0.1, 0.15) is 29.6 Å². The van der Waals surface area contributed by atoms with E-state index in [-0.39, 0.29) is 29.2 Å². The fourth-order valence-corrected chi connectivity index (χ4v) is 5.62. The van der Waals surface area contributed by atoms with Crippen LogP contribution < -0.4 is 10.2 Å². The van der Waals surface area contributed by atoms with Crippen molar-refractivity contribution < 1.29 is 23.9 Å². The van der Waals surface area contributed by atoms with Crippen molar-refractivity contribution in [2.75, 3.05) is 16.8 Å². The van der Waals surface area contributed by atoms with E-state index in [1.807, 2.05) is 0 Å². The van der Waals surface area contributed by atoms with Crippen LogP contribution in [-0.4, -0.2) is 30.3 Å². The average Bonchev–Trinajstić information content (AvgIpc) is 3.47. The zero-order chi connectivity index (χ0) is 22.4. The molecule has 0 radical (unpaired) electrons. The van der Waals surface area contributed by atoms with Gasteiger partial charge in [-0.05, 0) is 79.6 Å². The van der Waals surface area contributed by atoms with Crippen LogP contribution >= 0.6 is 15.9 Å². The van der Waals surface area contributed by atoms with Gasteiger partial charge in [0.1, 0.15) is 0 Å². The molecule has 2 saturated carbocycles. The van der Waals surface area contributed by atoms with Crippen molar-refractivity contribution in [2.24, 2.45) is 23.7 Å². The molecule has 32 heavy (non-hydrogen) atoms. The maximum atomic E-state index is 12.9. The van der Waals surface area contributed by atoms with Gasteiger partial charge in [-0.15, -0.1) is 0 Å². The van der Waals surface area contributed by atoms with E-state index < -0.39 is 18.5 Å². The molecule has 5 rings (SSSR count). The monoisotopic (exact) mass is 496 g/mol. The second-order valence-electron chi connectivity index (χ2n) is 8.57. The van der Waals surface area contributed by atoms with Crippen molar-refractivity contribution in [1.82, 2.24) is 0 Å².